The minimum atomic E-state index is -3.78. The van der Waals surface area contributed by atoms with Crippen molar-refractivity contribution < 1.29 is 8.42 Å². The van der Waals surface area contributed by atoms with Crippen LogP contribution in [0.2, 0.25) is 5.02 Å². The number of aromatic amines is 1. The van der Waals surface area contributed by atoms with Gasteiger partial charge in [-0.1, -0.05) is 29.9 Å². The highest BCUT2D eigenvalue weighted by Gasteiger charge is 2.19. The number of nitrogens with zero attached hydrogens (tertiary/aromatic N) is 1. The van der Waals surface area contributed by atoms with Crippen LogP contribution in [0.1, 0.15) is 5.56 Å². The first-order valence-corrected chi connectivity index (χ1v) is 7.28. The highest BCUT2D eigenvalue weighted by atomic mass is 35.5. The van der Waals surface area contributed by atoms with Gasteiger partial charge < -0.3 is 5.73 Å². The van der Waals surface area contributed by atoms with Crippen molar-refractivity contribution in [2.45, 2.75) is 4.90 Å². The third kappa shape index (κ3) is 3.03. The summed E-state index contributed by atoms with van der Waals surface area (Å²) in [4.78, 5) is 0.0870. The van der Waals surface area contributed by atoms with E-state index in [1.807, 2.05) is 0 Å². The molecule has 0 amide bonds. The van der Waals surface area contributed by atoms with E-state index in [0.29, 0.717) is 11.3 Å². The number of anilines is 1. The molecule has 4 N–H and O–H groups in total. The molecular formula is C10H9ClN4O2S2. The molecule has 1 aromatic carbocycles. The first-order valence-electron chi connectivity index (χ1n) is 5.01. The normalized spacial score (nSPS) is 11.2. The Balaban J connectivity index is 2.38. The zero-order chi connectivity index (χ0) is 14.0. The SMILES string of the molecule is NC(=S)c1ccc(S(=O)(=O)Nc2cn[nH]c2)c(Cl)c1. The molecule has 0 saturated carbocycles. The fourth-order valence-corrected chi connectivity index (χ4v) is 3.10. The molecule has 2 aromatic rings. The highest BCUT2D eigenvalue weighted by molar-refractivity contribution is 7.92. The van der Waals surface area contributed by atoms with Gasteiger partial charge in [0.1, 0.15) is 9.88 Å². The first kappa shape index (κ1) is 13.8. The van der Waals surface area contributed by atoms with Crippen LogP contribution < -0.4 is 10.5 Å². The molecule has 1 aromatic heterocycles. The molecule has 100 valence electrons. The van der Waals surface area contributed by atoms with Crippen LogP contribution in [-0.2, 0) is 10.0 Å². The smallest absolute Gasteiger partial charge is 0.263 e. The number of H-pyrrole nitrogens is 1. The van der Waals surface area contributed by atoms with Gasteiger partial charge >= 0.3 is 0 Å². The number of hydrogen-bond donors (Lipinski definition) is 3. The predicted octanol–water partition coefficient (Wildman–Crippen LogP) is 1.50. The number of thiocarbonyl (C=S) groups is 1. The standard InChI is InChI=1S/C10H9ClN4O2S2/c11-8-3-6(10(12)18)1-2-9(8)19(16,17)15-7-4-13-14-5-7/h1-5,15H,(H2,12,18)(H,13,14). The van der Waals surface area contributed by atoms with Crippen molar-refractivity contribution in [3.8, 4) is 0 Å². The van der Waals surface area contributed by atoms with Crippen LogP contribution in [0.5, 0.6) is 0 Å². The van der Waals surface area contributed by atoms with Gasteiger partial charge in [-0.15, -0.1) is 0 Å². The lowest BCUT2D eigenvalue weighted by Crippen LogP contribution is -2.14. The monoisotopic (exact) mass is 316 g/mol. The highest BCUT2D eigenvalue weighted by Crippen LogP contribution is 2.24. The topological polar surface area (TPSA) is 101 Å². The lowest BCUT2D eigenvalue weighted by atomic mass is 10.2. The van der Waals surface area contributed by atoms with Crippen LogP contribution in [0.3, 0.4) is 0 Å². The Labute approximate surface area is 120 Å². The van der Waals surface area contributed by atoms with Gasteiger partial charge in [-0.25, -0.2) is 8.42 Å². The van der Waals surface area contributed by atoms with Gasteiger partial charge in [0, 0.05) is 11.8 Å². The van der Waals surface area contributed by atoms with Crippen molar-refractivity contribution in [3.63, 3.8) is 0 Å². The third-order valence-corrected chi connectivity index (χ3v) is 4.36. The molecule has 0 aliphatic carbocycles. The van der Waals surface area contributed by atoms with Crippen LogP contribution in [0.4, 0.5) is 5.69 Å². The Morgan fingerprint density at radius 1 is 1.47 bits per heavy atom. The Kier molecular flexibility index (Phi) is 3.74. The van der Waals surface area contributed by atoms with E-state index < -0.39 is 10.0 Å². The largest absolute Gasteiger partial charge is 0.389 e. The zero-order valence-corrected chi connectivity index (χ0v) is 11.8. The summed E-state index contributed by atoms with van der Waals surface area (Å²) >= 11 is 10.7. The number of nitrogens with one attached hydrogen (secondary N) is 2. The van der Waals surface area contributed by atoms with Crippen LogP contribution in [0.15, 0.2) is 35.5 Å². The van der Waals surface area contributed by atoms with Crippen molar-refractivity contribution >= 4 is 44.5 Å². The lowest BCUT2D eigenvalue weighted by molar-refractivity contribution is 0.601. The molecule has 0 aliphatic heterocycles. The molecule has 0 aliphatic rings. The maximum atomic E-state index is 12.1. The second-order valence-corrected chi connectivity index (χ2v) is 6.10. The second kappa shape index (κ2) is 5.16. The number of aromatic nitrogens is 2. The van der Waals surface area contributed by atoms with E-state index in [1.165, 1.54) is 30.6 Å². The molecule has 0 atom stereocenters. The average Bonchev–Trinajstić information content (AvgIpc) is 2.80. The van der Waals surface area contributed by atoms with Crippen LogP contribution in [-0.4, -0.2) is 23.6 Å². The molecular weight excluding hydrogens is 308 g/mol. The Morgan fingerprint density at radius 3 is 2.74 bits per heavy atom. The maximum Gasteiger partial charge on any atom is 0.263 e. The number of sulfonamides is 1. The van der Waals surface area contributed by atoms with Crippen molar-refractivity contribution in [3.05, 3.63) is 41.2 Å². The summed E-state index contributed by atoms with van der Waals surface area (Å²) in [6, 6.07) is 4.26. The molecule has 0 saturated heterocycles. The maximum absolute atomic E-state index is 12.1. The first-order chi connectivity index (χ1) is 8.90. The Morgan fingerprint density at radius 2 is 2.21 bits per heavy atom. The zero-order valence-electron chi connectivity index (χ0n) is 9.42. The summed E-state index contributed by atoms with van der Waals surface area (Å²) in [6.07, 6.45) is 2.75. The molecule has 0 spiro atoms. The molecule has 0 bridgehead atoms. The van der Waals surface area contributed by atoms with Crippen molar-refractivity contribution in [2.24, 2.45) is 5.73 Å². The number of rotatable bonds is 4. The number of benzene rings is 1. The van der Waals surface area contributed by atoms with Gasteiger partial charge in [-0.05, 0) is 12.1 Å². The number of hydrogen-bond acceptors (Lipinski definition) is 4. The Bertz CT molecular complexity index is 713. The van der Waals surface area contributed by atoms with E-state index in [9.17, 15) is 8.42 Å². The van der Waals surface area contributed by atoms with Crippen LogP contribution in [0.25, 0.3) is 0 Å². The summed E-state index contributed by atoms with van der Waals surface area (Å²) in [5.41, 5.74) is 6.26. The quantitative estimate of drug-likeness (QED) is 0.742. The average molecular weight is 317 g/mol. The van der Waals surface area contributed by atoms with E-state index >= 15 is 0 Å². The minimum absolute atomic E-state index is 0.0429. The second-order valence-electron chi connectivity index (χ2n) is 3.60. The molecule has 0 radical (unpaired) electrons. The van der Waals surface area contributed by atoms with Crippen molar-refractivity contribution in [1.29, 1.82) is 0 Å². The third-order valence-electron chi connectivity index (χ3n) is 2.26. The summed E-state index contributed by atoms with van der Waals surface area (Å²) in [6.45, 7) is 0. The molecule has 1 heterocycles. The van der Waals surface area contributed by atoms with E-state index in [1.54, 1.807) is 0 Å². The molecule has 0 fully saturated rings. The molecule has 0 unspecified atom stereocenters. The fourth-order valence-electron chi connectivity index (χ4n) is 1.39. The van der Waals surface area contributed by atoms with E-state index in [4.69, 9.17) is 29.6 Å². The molecule has 9 heteroatoms. The van der Waals surface area contributed by atoms with Gasteiger partial charge in [0.2, 0.25) is 0 Å². The lowest BCUT2D eigenvalue weighted by Gasteiger charge is -2.08. The number of nitrogens with two attached hydrogens (primary N) is 1. The number of halogens is 1. The van der Waals surface area contributed by atoms with E-state index in [0.717, 1.165) is 0 Å². The minimum Gasteiger partial charge on any atom is -0.389 e. The van der Waals surface area contributed by atoms with Gasteiger partial charge in [0.15, 0.2) is 0 Å². The van der Waals surface area contributed by atoms with Gasteiger partial charge in [0.05, 0.1) is 16.9 Å². The summed E-state index contributed by atoms with van der Waals surface area (Å²) < 4.78 is 26.5. The molecule has 19 heavy (non-hydrogen) atoms. The summed E-state index contributed by atoms with van der Waals surface area (Å²) in [7, 11) is -3.78. The Hall–Kier alpha value is -1.64. The fraction of sp³-hybridized carbons (Fsp3) is 0. The predicted molar refractivity (Wildman–Crippen MR) is 76.7 cm³/mol. The van der Waals surface area contributed by atoms with Gasteiger partial charge in [0.25, 0.3) is 10.0 Å². The summed E-state index contributed by atoms with van der Waals surface area (Å²) in [5.74, 6) is 0. The molecule has 6 nitrogen and oxygen atoms in total. The van der Waals surface area contributed by atoms with Crippen molar-refractivity contribution in [1.82, 2.24) is 10.2 Å². The van der Waals surface area contributed by atoms with Gasteiger partial charge in [-0.3, -0.25) is 9.82 Å². The van der Waals surface area contributed by atoms with E-state index in [2.05, 4.69) is 14.9 Å². The molecule has 2 rings (SSSR count). The summed E-state index contributed by atoms with van der Waals surface area (Å²) in [5, 5.41) is 6.18. The van der Waals surface area contributed by atoms with Crippen LogP contribution >= 0.6 is 23.8 Å². The van der Waals surface area contributed by atoms with Crippen LogP contribution in [0, 0.1) is 0 Å². The van der Waals surface area contributed by atoms with E-state index in [-0.39, 0.29) is 14.9 Å². The van der Waals surface area contributed by atoms with Gasteiger partial charge in [-0.2, -0.15) is 5.10 Å². The van der Waals surface area contributed by atoms with Crippen molar-refractivity contribution in [2.75, 3.05) is 4.72 Å².